The van der Waals surface area contributed by atoms with Gasteiger partial charge in [0.1, 0.15) is 5.75 Å². The van der Waals surface area contributed by atoms with E-state index in [9.17, 15) is 4.79 Å². The summed E-state index contributed by atoms with van der Waals surface area (Å²) in [5.41, 5.74) is 1.35. The average molecular weight is 290 g/mol. The van der Waals surface area contributed by atoms with Gasteiger partial charge in [-0.15, -0.1) is 0 Å². The maximum atomic E-state index is 11.5. The summed E-state index contributed by atoms with van der Waals surface area (Å²) >= 11 is 0. The molecule has 0 aliphatic carbocycles. The maximum Gasteiger partial charge on any atom is 0.344 e. The van der Waals surface area contributed by atoms with Crippen molar-refractivity contribution < 1.29 is 14.3 Å². The Bertz CT molecular complexity index is 433. The van der Waals surface area contributed by atoms with Crippen LogP contribution in [-0.4, -0.2) is 19.2 Å². The number of hydrogen-bond donors (Lipinski definition) is 0. The van der Waals surface area contributed by atoms with Crippen LogP contribution in [0.3, 0.4) is 0 Å². The molecule has 116 valence electrons. The van der Waals surface area contributed by atoms with Gasteiger partial charge in [-0.05, 0) is 51.2 Å². The second kappa shape index (κ2) is 10.0. The third-order valence-electron chi connectivity index (χ3n) is 3.19. The lowest BCUT2D eigenvalue weighted by Gasteiger charge is -2.11. The molecule has 0 aliphatic rings. The van der Waals surface area contributed by atoms with E-state index in [1.807, 2.05) is 30.3 Å². The second-order valence-electron chi connectivity index (χ2n) is 5.57. The molecule has 0 bridgehead atoms. The Morgan fingerprint density at radius 1 is 1.19 bits per heavy atom. The Labute approximate surface area is 128 Å². The molecule has 3 nitrogen and oxygen atoms in total. The molecular weight excluding hydrogens is 264 g/mol. The Kier molecular flexibility index (Phi) is 8.25. The lowest BCUT2D eigenvalue weighted by molar-refractivity contribution is -0.146. The maximum absolute atomic E-state index is 11.5. The fourth-order valence-electron chi connectivity index (χ4n) is 1.88. The van der Waals surface area contributed by atoms with E-state index >= 15 is 0 Å². The number of benzene rings is 1. The lowest BCUT2D eigenvalue weighted by atomic mass is 10.0. The molecule has 0 spiro atoms. The number of ether oxygens (including phenoxy) is 2. The molecule has 1 rings (SSSR count). The first-order valence-corrected chi connectivity index (χ1v) is 7.54. The molecule has 0 aromatic heterocycles. The van der Waals surface area contributed by atoms with Gasteiger partial charge in [-0.2, -0.15) is 0 Å². The van der Waals surface area contributed by atoms with Crippen molar-refractivity contribution in [2.45, 2.75) is 40.0 Å². The second-order valence-corrected chi connectivity index (χ2v) is 5.57. The molecule has 0 heterocycles. The van der Waals surface area contributed by atoms with Crippen molar-refractivity contribution >= 4 is 5.97 Å². The van der Waals surface area contributed by atoms with Gasteiger partial charge in [-0.1, -0.05) is 36.8 Å². The van der Waals surface area contributed by atoms with Crippen molar-refractivity contribution in [2.75, 3.05) is 13.2 Å². The molecule has 0 saturated heterocycles. The van der Waals surface area contributed by atoms with Gasteiger partial charge in [-0.3, -0.25) is 0 Å². The summed E-state index contributed by atoms with van der Waals surface area (Å²) in [6.45, 7) is 6.84. The summed E-state index contributed by atoms with van der Waals surface area (Å²) in [6, 6.07) is 9.28. The Hall–Kier alpha value is -1.77. The van der Waals surface area contributed by atoms with Crippen molar-refractivity contribution in [3.63, 3.8) is 0 Å². The number of carbonyl (C=O) groups is 1. The lowest BCUT2D eigenvalue weighted by Crippen LogP contribution is -2.16. The van der Waals surface area contributed by atoms with Crippen molar-refractivity contribution in [2.24, 2.45) is 5.92 Å². The van der Waals surface area contributed by atoms with Crippen LogP contribution in [-0.2, 0) is 9.53 Å². The summed E-state index contributed by atoms with van der Waals surface area (Å²) in [6.07, 6.45) is 5.36. The van der Waals surface area contributed by atoms with Gasteiger partial charge in [0, 0.05) is 0 Å². The highest BCUT2D eigenvalue weighted by atomic mass is 16.6. The number of para-hydroxylation sites is 1. The topological polar surface area (TPSA) is 35.5 Å². The van der Waals surface area contributed by atoms with Crippen LogP contribution in [0, 0.1) is 5.92 Å². The first-order valence-electron chi connectivity index (χ1n) is 7.54. The SMILES string of the molecule is CC(C)=CCCC(C)CCOC(=O)COc1ccccc1. The molecule has 21 heavy (non-hydrogen) atoms. The Morgan fingerprint density at radius 2 is 1.90 bits per heavy atom. The summed E-state index contributed by atoms with van der Waals surface area (Å²) in [5.74, 6) is 0.934. The van der Waals surface area contributed by atoms with Gasteiger partial charge in [0.05, 0.1) is 6.61 Å². The van der Waals surface area contributed by atoms with Crippen LogP contribution in [0.25, 0.3) is 0 Å². The van der Waals surface area contributed by atoms with Crippen molar-refractivity contribution in [1.29, 1.82) is 0 Å². The molecule has 0 amide bonds. The van der Waals surface area contributed by atoms with Crippen LogP contribution < -0.4 is 4.74 Å². The largest absolute Gasteiger partial charge is 0.482 e. The minimum atomic E-state index is -0.310. The predicted molar refractivity (Wildman–Crippen MR) is 85.3 cm³/mol. The molecule has 0 radical (unpaired) electrons. The highest BCUT2D eigenvalue weighted by molar-refractivity contribution is 5.71. The van der Waals surface area contributed by atoms with Gasteiger partial charge in [-0.25, -0.2) is 4.79 Å². The molecule has 0 N–H and O–H groups in total. The van der Waals surface area contributed by atoms with E-state index in [1.165, 1.54) is 5.57 Å². The molecule has 1 unspecified atom stereocenters. The average Bonchev–Trinajstić information content (AvgIpc) is 2.46. The van der Waals surface area contributed by atoms with Gasteiger partial charge >= 0.3 is 5.97 Å². The van der Waals surface area contributed by atoms with Crippen LogP contribution in [0.4, 0.5) is 0 Å². The summed E-state index contributed by atoms with van der Waals surface area (Å²) in [5, 5.41) is 0. The zero-order chi connectivity index (χ0) is 15.5. The summed E-state index contributed by atoms with van der Waals surface area (Å²) < 4.78 is 10.5. The van der Waals surface area contributed by atoms with Gasteiger partial charge in [0.2, 0.25) is 0 Å². The molecular formula is C18H26O3. The molecule has 1 atom stereocenters. The van der Waals surface area contributed by atoms with E-state index in [4.69, 9.17) is 9.47 Å². The summed E-state index contributed by atoms with van der Waals surface area (Å²) in [4.78, 5) is 11.5. The van der Waals surface area contributed by atoms with Gasteiger partial charge in [0.15, 0.2) is 6.61 Å². The Balaban J connectivity index is 2.09. The fourth-order valence-corrected chi connectivity index (χ4v) is 1.88. The molecule has 0 fully saturated rings. The van der Waals surface area contributed by atoms with E-state index in [0.29, 0.717) is 18.3 Å². The predicted octanol–water partition coefficient (Wildman–Crippen LogP) is 4.38. The molecule has 3 heteroatoms. The Morgan fingerprint density at radius 3 is 2.57 bits per heavy atom. The third-order valence-corrected chi connectivity index (χ3v) is 3.19. The number of esters is 1. The van der Waals surface area contributed by atoms with E-state index < -0.39 is 0 Å². The van der Waals surface area contributed by atoms with Crippen LogP contribution in [0.15, 0.2) is 42.0 Å². The van der Waals surface area contributed by atoms with Crippen molar-refractivity contribution in [1.82, 2.24) is 0 Å². The monoisotopic (exact) mass is 290 g/mol. The van der Waals surface area contributed by atoms with Crippen molar-refractivity contribution in [3.05, 3.63) is 42.0 Å². The highest BCUT2D eigenvalue weighted by Crippen LogP contribution is 2.12. The highest BCUT2D eigenvalue weighted by Gasteiger charge is 2.06. The van der Waals surface area contributed by atoms with Gasteiger partial charge < -0.3 is 9.47 Å². The number of rotatable bonds is 9. The summed E-state index contributed by atoms with van der Waals surface area (Å²) in [7, 11) is 0. The normalized spacial score (nSPS) is 11.6. The number of allylic oxidation sites excluding steroid dienone is 2. The number of hydrogen-bond acceptors (Lipinski definition) is 3. The van der Waals surface area contributed by atoms with Crippen LogP contribution >= 0.6 is 0 Å². The van der Waals surface area contributed by atoms with E-state index in [2.05, 4.69) is 26.8 Å². The number of carbonyl (C=O) groups excluding carboxylic acids is 1. The van der Waals surface area contributed by atoms with Crippen LogP contribution in [0.1, 0.15) is 40.0 Å². The minimum Gasteiger partial charge on any atom is -0.482 e. The smallest absolute Gasteiger partial charge is 0.344 e. The van der Waals surface area contributed by atoms with E-state index in [-0.39, 0.29) is 12.6 Å². The van der Waals surface area contributed by atoms with Crippen LogP contribution in [0.2, 0.25) is 0 Å². The zero-order valence-corrected chi connectivity index (χ0v) is 13.3. The molecule has 0 aliphatic heterocycles. The molecule has 1 aromatic rings. The fraction of sp³-hybridized carbons (Fsp3) is 0.500. The standard InChI is InChI=1S/C18H26O3/c1-15(2)8-7-9-16(3)12-13-20-18(19)14-21-17-10-5-4-6-11-17/h4-6,8,10-11,16H,7,9,12-14H2,1-3H3. The first-order chi connectivity index (χ1) is 10.1. The minimum absolute atomic E-state index is 0.0316. The third kappa shape index (κ3) is 8.90. The quantitative estimate of drug-likeness (QED) is 0.500. The van der Waals surface area contributed by atoms with E-state index in [1.54, 1.807) is 0 Å². The van der Waals surface area contributed by atoms with E-state index in [0.717, 1.165) is 19.3 Å². The van der Waals surface area contributed by atoms with Gasteiger partial charge in [0.25, 0.3) is 0 Å². The zero-order valence-electron chi connectivity index (χ0n) is 13.3. The van der Waals surface area contributed by atoms with Crippen LogP contribution in [0.5, 0.6) is 5.75 Å². The molecule has 0 saturated carbocycles. The van der Waals surface area contributed by atoms with Crippen molar-refractivity contribution in [3.8, 4) is 5.75 Å². The first kappa shape index (κ1) is 17.3. The molecule has 1 aromatic carbocycles.